The van der Waals surface area contributed by atoms with Crippen molar-refractivity contribution in [2.24, 2.45) is 0 Å². The topological polar surface area (TPSA) is 34.0 Å². The minimum Gasteiger partial charge on any atom is -0.341 e. The summed E-state index contributed by atoms with van der Waals surface area (Å²) in [6, 6.07) is 0. The summed E-state index contributed by atoms with van der Waals surface area (Å²) in [5.41, 5.74) is 0. The maximum Gasteiger partial charge on any atom is 0.227 e. The molecule has 13 heavy (non-hydrogen) atoms. The van der Waals surface area contributed by atoms with Gasteiger partial charge in [-0.15, -0.1) is 10.2 Å². The van der Waals surface area contributed by atoms with Gasteiger partial charge in [0.15, 0.2) is 0 Å². The van der Waals surface area contributed by atoms with Crippen LogP contribution in [0.4, 0.5) is 5.95 Å². The van der Waals surface area contributed by atoms with E-state index in [2.05, 4.69) is 26.6 Å². The molecule has 1 aromatic rings. The summed E-state index contributed by atoms with van der Waals surface area (Å²) in [5, 5.41) is 8.31. The number of anilines is 1. The zero-order valence-corrected chi connectivity index (χ0v) is 8.32. The van der Waals surface area contributed by atoms with Gasteiger partial charge in [0.2, 0.25) is 5.95 Å². The van der Waals surface area contributed by atoms with Crippen LogP contribution in [-0.2, 0) is 6.54 Å². The minimum atomic E-state index is 0.963. The Balaban J connectivity index is 2.27. The van der Waals surface area contributed by atoms with Crippen LogP contribution in [0.2, 0.25) is 0 Å². The van der Waals surface area contributed by atoms with Crippen LogP contribution in [0.3, 0.4) is 0 Å². The smallest absolute Gasteiger partial charge is 0.227 e. The molecule has 4 heteroatoms. The maximum atomic E-state index is 4.21. The molecule has 0 saturated carbocycles. The molecule has 0 atom stereocenters. The predicted octanol–water partition coefficient (Wildman–Crippen LogP) is 1.21. The molecule has 2 rings (SSSR count). The fourth-order valence-corrected chi connectivity index (χ4v) is 1.89. The standard InChI is InChI=1S/C9H16N4/c1-3-13-8(2)10-11-9(13)12-6-4-5-7-12/h3-7H2,1-2H3. The zero-order chi connectivity index (χ0) is 9.26. The lowest BCUT2D eigenvalue weighted by Crippen LogP contribution is -2.22. The van der Waals surface area contributed by atoms with Crippen molar-refractivity contribution in [3.63, 3.8) is 0 Å². The Morgan fingerprint density at radius 3 is 2.54 bits per heavy atom. The van der Waals surface area contributed by atoms with Crippen molar-refractivity contribution < 1.29 is 0 Å². The van der Waals surface area contributed by atoms with Crippen molar-refractivity contribution in [2.45, 2.75) is 33.2 Å². The normalized spacial score (nSPS) is 16.9. The Bertz CT molecular complexity index is 286. The van der Waals surface area contributed by atoms with Crippen LogP contribution in [0, 0.1) is 6.92 Å². The van der Waals surface area contributed by atoms with Gasteiger partial charge < -0.3 is 4.90 Å². The molecule has 0 bridgehead atoms. The van der Waals surface area contributed by atoms with Gasteiger partial charge in [-0.25, -0.2) is 0 Å². The molecule has 0 spiro atoms. The maximum absolute atomic E-state index is 4.21. The molecule has 0 aromatic carbocycles. The average Bonchev–Trinajstić information content (AvgIpc) is 2.71. The van der Waals surface area contributed by atoms with Crippen LogP contribution in [0.1, 0.15) is 25.6 Å². The van der Waals surface area contributed by atoms with E-state index in [-0.39, 0.29) is 0 Å². The summed E-state index contributed by atoms with van der Waals surface area (Å²) < 4.78 is 2.17. The van der Waals surface area contributed by atoms with E-state index in [0.29, 0.717) is 0 Å². The van der Waals surface area contributed by atoms with E-state index in [1.165, 1.54) is 12.8 Å². The van der Waals surface area contributed by atoms with Crippen molar-refractivity contribution in [1.82, 2.24) is 14.8 Å². The molecule has 0 N–H and O–H groups in total. The lowest BCUT2D eigenvalue weighted by Gasteiger charge is -2.16. The van der Waals surface area contributed by atoms with E-state index >= 15 is 0 Å². The molecule has 2 heterocycles. The summed E-state index contributed by atoms with van der Waals surface area (Å²) in [6.07, 6.45) is 2.57. The molecular weight excluding hydrogens is 164 g/mol. The Kier molecular flexibility index (Phi) is 2.20. The molecule has 1 aliphatic heterocycles. The lowest BCUT2D eigenvalue weighted by molar-refractivity contribution is 0.708. The third-order valence-electron chi connectivity index (χ3n) is 2.62. The second-order valence-electron chi connectivity index (χ2n) is 3.49. The van der Waals surface area contributed by atoms with Gasteiger partial charge in [-0.1, -0.05) is 0 Å². The largest absolute Gasteiger partial charge is 0.341 e. The van der Waals surface area contributed by atoms with Gasteiger partial charge in [-0.3, -0.25) is 4.57 Å². The molecule has 0 unspecified atom stereocenters. The highest BCUT2D eigenvalue weighted by molar-refractivity contribution is 5.32. The van der Waals surface area contributed by atoms with Gasteiger partial charge in [0, 0.05) is 19.6 Å². The van der Waals surface area contributed by atoms with Crippen molar-refractivity contribution >= 4 is 5.95 Å². The van der Waals surface area contributed by atoms with Gasteiger partial charge >= 0.3 is 0 Å². The van der Waals surface area contributed by atoms with Crippen molar-refractivity contribution in [1.29, 1.82) is 0 Å². The fraction of sp³-hybridized carbons (Fsp3) is 0.778. The van der Waals surface area contributed by atoms with Crippen LogP contribution < -0.4 is 4.90 Å². The number of hydrogen-bond donors (Lipinski definition) is 0. The van der Waals surface area contributed by atoms with Crippen LogP contribution in [-0.4, -0.2) is 27.9 Å². The average molecular weight is 180 g/mol. The summed E-state index contributed by atoms with van der Waals surface area (Å²) in [4.78, 5) is 2.32. The number of nitrogens with zero attached hydrogens (tertiary/aromatic N) is 4. The summed E-state index contributed by atoms with van der Waals surface area (Å²) >= 11 is 0. The highest BCUT2D eigenvalue weighted by atomic mass is 15.4. The fourth-order valence-electron chi connectivity index (χ4n) is 1.89. The molecule has 0 aliphatic carbocycles. The molecule has 0 radical (unpaired) electrons. The van der Waals surface area contributed by atoms with Gasteiger partial charge in [0.05, 0.1) is 0 Å². The first-order valence-electron chi connectivity index (χ1n) is 4.97. The molecule has 1 aromatic heterocycles. The quantitative estimate of drug-likeness (QED) is 0.686. The molecular formula is C9H16N4. The number of aromatic nitrogens is 3. The first-order chi connectivity index (χ1) is 6.33. The molecule has 4 nitrogen and oxygen atoms in total. The molecule has 0 amide bonds. The summed E-state index contributed by atoms with van der Waals surface area (Å²) in [6.45, 7) is 7.38. The first-order valence-corrected chi connectivity index (χ1v) is 4.97. The Hall–Kier alpha value is -1.06. The zero-order valence-electron chi connectivity index (χ0n) is 8.32. The number of aryl methyl sites for hydroxylation is 1. The summed E-state index contributed by atoms with van der Waals surface area (Å²) in [7, 11) is 0. The molecule has 72 valence electrons. The predicted molar refractivity (Wildman–Crippen MR) is 51.9 cm³/mol. The van der Waals surface area contributed by atoms with Gasteiger partial charge in [-0.05, 0) is 26.7 Å². The van der Waals surface area contributed by atoms with Crippen LogP contribution in [0.25, 0.3) is 0 Å². The van der Waals surface area contributed by atoms with Gasteiger partial charge in [-0.2, -0.15) is 0 Å². The Morgan fingerprint density at radius 2 is 1.92 bits per heavy atom. The third kappa shape index (κ3) is 1.41. The SMILES string of the molecule is CCn1c(C)nnc1N1CCCC1. The monoisotopic (exact) mass is 180 g/mol. The second kappa shape index (κ2) is 3.36. The first kappa shape index (κ1) is 8.53. The van der Waals surface area contributed by atoms with Gasteiger partial charge in [0.1, 0.15) is 5.82 Å². The molecule has 1 fully saturated rings. The highest BCUT2D eigenvalue weighted by Crippen LogP contribution is 2.18. The molecule has 1 aliphatic rings. The lowest BCUT2D eigenvalue weighted by atomic mass is 10.4. The number of rotatable bonds is 2. The van der Waals surface area contributed by atoms with E-state index in [1.54, 1.807) is 0 Å². The van der Waals surface area contributed by atoms with E-state index in [1.807, 2.05) is 6.92 Å². The van der Waals surface area contributed by atoms with Crippen LogP contribution in [0.15, 0.2) is 0 Å². The van der Waals surface area contributed by atoms with Crippen molar-refractivity contribution in [3.8, 4) is 0 Å². The van der Waals surface area contributed by atoms with Crippen LogP contribution >= 0.6 is 0 Å². The van der Waals surface area contributed by atoms with E-state index in [4.69, 9.17) is 0 Å². The third-order valence-corrected chi connectivity index (χ3v) is 2.62. The van der Waals surface area contributed by atoms with E-state index in [9.17, 15) is 0 Å². The summed E-state index contributed by atoms with van der Waals surface area (Å²) in [5.74, 6) is 2.07. The Labute approximate surface area is 78.6 Å². The van der Waals surface area contributed by atoms with Gasteiger partial charge in [0.25, 0.3) is 0 Å². The highest BCUT2D eigenvalue weighted by Gasteiger charge is 2.18. The van der Waals surface area contributed by atoms with E-state index < -0.39 is 0 Å². The Morgan fingerprint density at radius 1 is 1.23 bits per heavy atom. The molecule has 1 saturated heterocycles. The van der Waals surface area contributed by atoms with E-state index in [0.717, 1.165) is 31.4 Å². The minimum absolute atomic E-state index is 0.963. The second-order valence-corrected chi connectivity index (χ2v) is 3.49. The van der Waals surface area contributed by atoms with Crippen LogP contribution in [0.5, 0.6) is 0 Å². The van der Waals surface area contributed by atoms with Crippen molar-refractivity contribution in [3.05, 3.63) is 5.82 Å². The van der Waals surface area contributed by atoms with Crippen molar-refractivity contribution in [2.75, 3.05) is 18.0 Å². The number of hydrogen-bond acceptors (Lipinski definition) is 3.